The summed E-state index contributed by atoms with van der Waals surface area (Å²) in [4.78, 5) is 8.66. The van der Waals surface area contributed by atoms with E-state index in [-0.39, 0.29) is 5.56 Å². The summed E-state index contributed by atoms with van der Waals surface area (Å²) in [5, 5.41) is 8.92. The van der Waals surface area contributed by atoms with E-state index in [0.717, 1.165) is 6.42 Å². The summed E-state index contributed by atoms with van der Waals surface area (Å²) in [6.07, 6.45) is 1.60. The van der Waals surface area contributed by atoms with E-state index < -0.39 is 5.82 Å². The monoisotopic (exact) mass is 270 g/mol. The van der Waals surface area contributed by atoms with Crippen LogP contribution in [0.1, 0.15) is 30.3 Å². The molecule has 0 saturated heterocycles. The Hall–Kier alpha value is -2.48. The van der Waals surface area contributed by atoms with Crippen LogP contribution in [0.2, 0.25) is 0 Å². The number of nitriles is 1. The smallest absolute Gasteiger partial charge is 0.131 e. The third-order valence-electron chi connectivity index (χ3n) is 3.00. The van der Waals surface area contributed by atoms with E-state index in [9.17, 15) is 4.39 Å². The molecule has 0 saturated carbocycles. The van der Waals surface area contributed by atoms with E-state index in [1.54, 1.807) is 13.0 Å². The predicted octanol–water partition coefficient (Wildman–Crippen LogP) is 3.00. The van der Waals surface area contributed by atoms with Gasteiger partial charge < -0.3 is 5.73 Å². The van der Waals surface area contributed by atoms with E-state index >= 15 is 0 Å². The van der Waals surface area contributed by atoms with Gasteiger partial charge in [-0.05, 0) is 31.5 Å². The molecule has 102 valence electrons. The van der Waals surface area contributed by atoms with Gasteiger partial charge in [-0.2, -0.15) is 5.26 Å². The minimum absolute atomic E-state index is 0.258. The molecule has 2 aromatic rings. The molecular weight excluding hydrogens is 255 g/mol. The van der Waals surface area contributed by atoms with Gasteiger partial charge >= 0.3 is 0 Å². The largest absolute Gasteiger partial charge is 0.383 e. The minimum atomic E-state index is -0.465. The Labute approximate surface area is 117 Å². The van der Waals surface area contributed by atoms with Gasteiger partial charge in [0.1, 0.15) is 17.5 Å². The van der Waals surface area contributed by atoms with Gasteiger partial charge in [0.15, 0.2) is 0 Å². The van der Waals surface area contributed by atoms with Gasteiger partial charge in [-0.3, -0.25) is 0 Å². The topological polar surface area (TPSA) is 75.6 Å². The van der Waals surface area contributed by atoms with Crippen molar-refractivity contribution in [1.82, 2.24) is 9.97 Å². The predicted molar refractivity (Wildman–Crippen MR) is 75.3 cm³/mol. The molecule has 2 rings (SSSR count). The number of nitrogens with two attached hydrogens (primary N) is 1. The van der Waals surface area contributed by atoms with Crippen LogP contribution in [0.5, 0.6) is 0 Å². The Morgan fingerprint density at radius 3 is 2.70 bits per heavy atom. The molecule has 1 aromatic carbocycles. The van der Waals surface area contributed by atoms with Crippen LogP contribution in [0.4, 0.5) is 10.2 Å². The molecule has 5 heteroatoms. The van der Waals surface area contributed by atoms with E-state index in [4.69, 9.17) is 11.0 Å². The first-order chi connectivity index (χ1) is 9.55. The third kappa shape index (κ3) is 2.75. The Morgan fingerprint density at radius 2 is 2.05 bits per heavy atom. The SMILES string of the molecule is CCCc1nc(N)c(C)c(-c2cc(F)cc(C#N)c2)n1. The fourth-order valence-electron chi connectivity index (χ4n) is 1.99. The number of nitrogen functional groups attached to an aromatic ring is 1. The molecule has 0 radical (unpaired) electrons. The van der Waals surface area contributed by atoms with Gasteiger partial charge in [0.2, 0.25) is 0 Å². The molecule has 4 nitrogen and oxygen atoms in total. The van der Waals surface area contributed by atoms with Crippen LogP contribution in [0, 0.1) is 24.1 Å². The Bertz CT molecular complexity index is 689. The van der Waals surface area contributed by atoms with Crippen molar-refractivity contribution in [2.75, 3.05) is 5.73 Å². The molecule has 0 unspecified atom stereocenters. The second-order valence-electron chi connectivity index (χ2n) is 4.59. The van der Waals surface area contributed by atoms with E-state index in [1.807, 2.05) is 13.0 Å². The van der Waals surface area contributed by atoms with Gasteiger partial charge in [-0.1, -0.05) is 6.92 Å². The number of rotatable bonds is 3. The first-order valence-corrected chi connectivity index (χ1v) is 6.39. The van der Waals surface area contributed by atoms with Crippen LogP contribution in [0.15, 0.2) is 18.2 Å². The van der Waals surface area contributed by atoms with E-state index in [0.29, 0.717) is 34.9 Å². The second kappa shape index (κ2) is 5.66. The second-order valence-corrected chi connectivity index (χ2v) is 4.59. The molecule has 1 aromatic heterocycles. The normalized spacial score (nSPS) is 10.3. The van der Waals surface area contributed by atoms with Crippen LogP contribution < -0.4 is 5.73 Å². The number of hydrogen-bond donors (Lipinski definition) is 1. The summed E-state index contributed by atoms with van der Waals surface area (Å²) in [6, 6.07) is 6.09. The van der Waals surface area contributed by atoms with Gasteiger partial charge in [-0.25, -0.2) is 14.4 Å². The number of nitrogens with zero attached hydrogens (tertiary/aromatic N) is 3. The first-order valence-electron chi connectivity index (χ1n) is 6.39. The van der Waals surface area contributed by atoms with Crippen molar-refractivity contribution >= 4 is 5.82 Å². The average molecular weight is 270 g/mol. The summed E-state index contributed by atoms with van der Waals surface area (Å²) in [5.74, 6) is 0.558. The highest BCUT2D eigenvalue weighted by Gasteiger charge is 2.12. The van der Waals surface area contributed by atoms with Crippen molar-refractivity contribution in [1.29, 1.82) is 5.26 Å². The zero-order chi connectivity index (χ0) is 14.7. The number of aromatic nitrogens is 2. The molecular formula is C15H15FN4. The summed E-state index contributed by atoms with van der Waals surface area (Å²) in [7, 11) is 0. The number of anilines is 1. The van der Waals surface area contributed by atoms with Gasteiger partial charge in [0.05, 0.1) is 17.3 Å². The Kier molecular flexibility index (Phi) is 3.94. The van der Waals surface area contributed by atoms with Crippen molar-refractivity contribution in [3.05, 3.63) is 41.0 Å². The zero-order valence-electron chi connectivity index (χ0n) is 11.4. The molecule has 2 N–H and O–H groups in total. The standard InChI is InChI=1S/C15H15FN4/c1-3-4-13-19-14(9(2)15(18)20-13)11-5-10(8-17)6-12(16)7-11/h5-7H,3-4H2,1-2H3,(H2,18,19,20). The highest BCUT2D eigenvalue weighted by Crippen LogP contribution is 2.26. The number of aryl methyl sites for hydroxylation is 1. The molecule has 0 fully saturated rings. The van der Waals surface area contributed by atoms with E-state index in [1.165, 1.54) is 12.1 Å². The maximum absolute atomic E-state index is 13.6. The molecule has 0 spiro atoms. The fraction of sp³-hybridized carbons (Fsp3) is 0.267. The number of benzene rings is 1. The van der Waals surface area contributed by atoms with Crippen LogP contribution in [-0.4, -0.2) is 9.97 Å². The molecule has 0 amide bonds. The van der Waals surface area contributed by atoms with Crippen LogP contribution >= 0.6 is 0 Å². The lowest BCUT2D eigenvalue weighted by molar-refractivity contribution is 0.627. The molecule has 20 heavy (non-hydrogen) atoms. The lowest BCUT2D eigenvalue weighted by Gasteiger charge is -2.10. The van der Waals surface area contributed by atoms with Crippen LogP contribution in [0.3, 0.4) is 0 Å². The van der Waals surface area contributed by atoms with Crippen LogP contribution in [-0.2, 0) is 6.42 Å². The lowest BCUT2D eigenvalue weighted by atomic mass is 10.0. The first kappa shape index (κ1) is 13.9. The summed E-state index contributed by atoms with van der Waals surface area (Å²) in [5.41, 5.74) is 7.97. The lowest BCUT2D eigenvalue weighted by Crippen LogP contribution is -2.05. The highest BCUT2D eigenvalue weighted by molar-refractivity contribution is 5.68. The highest BCUT2D eigenvalue weighted by atomic mass is 19.1. The zero-order valence-corrected chi connectivity index (χ0v) is 11.4. The van der Waals surface area contributed by atoms with Gasteiger partial charge in [0, 0.05) is 17.5 Å². The third-order valence-corrected chi connectivity index (χ3v) is 3.00. The maximum Gasteiger partial charge on any atom is 0.131 e. The van der Waals surface area contributed by atoms with Gasteiger partial charge in [0.25, 0.3) is 0 Å². The van der Waals surface area contributed by atoms with Crippen molar-refractivity contribution in [2.24, 2.45) is 0 Å². The summed E-state index contributed by atoms with van der Waals surface area (Å²) >= 11 is 0. The molecule has 1 heterocycles. The van der Waals surface area contributed by atoms with Crippen molar-refractivity contribution in [3.63, 3.8) is 0 Å². The van der Waals surface area contributed by atoms with Gasteiger partial charge in [-0.15, -0.1) is 0 Å². The Morgan fingerprint density at radius 1 is 1.30 bits per heavy atom. The number of hydrogen-bond acceptors (Lipinski definition) is 4. The molecule has 0 aliphatic carbocycles. The van der Waals surface area contributed by atoms with Crippen molar-refractivity contribution in [3.8, 4) is 17.3 Å². The van der Waals surface area contributed by atoms with E-state index in [2.05, 4.69) is 9.97 Å². The molecule has 0 atom stereocenters. The number of halogens is 1. The molecule has 0 aliphatic rings. The summed E-state index contributed by atoms with van der Waals surface area (Å²) in [6.45, 7) is 3.81. The van der Waals surface area contributed by atoms with Crippen molar-refractivity contribution in [2.45, 2.75) is 26.7 Å². The summed E-state index contributed by atoms with van der Waals surface area (Å²) < 4.78 is 13.6. The quantitative estimate of drug-likeness (QED) is 0.930. The molecule has 0 bridgehead atoms. The fourth-order valence-corrected chi connectivity index (χ4v) is 1.99. The Balaban J connectivity index is 2.62. The minimum Gasteiger partial charge on any atom is -0.383 e. The van der Waals surface area contributed by atoms with Crippen LogP contribution in [0.25, 0.3) is 11.3 Å². The average Bonchev–Trinajstić information content (AvgIpc) is 2.42. The maximum atomic E-state index is 13.6. The molecule has 0 aliphatic heterocycles. The van der Waals surface area contributed by atoms with Crippen molar-refractivity contribution < 1.29 is 4.39 Å².